The number of nitro groups is 2. The standard InChI is InChI=1S/C39H42N4O9/c44-39(51-37-13-11-31(42(45)46)27-35(37)33(29-7-3-1-4-8-29)15-17-40-19-23-49-24-20-40)52-38-14-12-32(43(47)48)28-36(38)34(30-9-5-2-6-10-30)16-18-41-21-25-50-26-22-41/h1-14,27-28,33-34H,15-26H2/t33-,34-/m1/s1. The van der Waals surface area contributed by atoms with E-state index < -0.39 is 16.0 Å². The van der Waals surface area contributed by atoms with Gasteiger partial charge in [0.1, 0.15) is 11.5 Å². The molecule has 272 valence electrons. The van der Waals surface area contributed by atoms with Crippen LogP contribution in [0.3, 0.4) is 0 Å². The number of carbonyl (C=O) groups excluding carboxylic acids is 1. The van der Waals surface area contributed by atoms with E-state index in [1.807, 2.05) is 60.7 Å². The number of nitro benzene ring substituents is 2. The Morgan fingerprint density at radius 1 is 0.615 bits per heavy atom. The number of rotatable bonds is 14. The Balaban J connectivity index is 1.31. The molecule has 2 aliphatic heterocycles. The van der Waals surface area contributed by atoms with Gasteiger partial charge in [0.05, 0.1) is 36.3 Å². The van der Waals surface area contributed by atoms with E-state index >= 15 is 0 Å². The summed E-state index contributed by atoms with van der Waals surface area (Å²) in [5.41, 5.74) is 2.51. The minimum Gasteiger partial charge on any atom is -0.394 e. The highest BCUT2D eigenvalue weighted by molar-refractivity contribution is 5.70. The number of hydrogen-bond donors (Lipinski definition) is 0. The Morgan fingerprint density at radius 2 is 1.00 bits per heavy atom. The van der Waals surface area contributed by atoms with E-state index in [9.17, 15) is 25.0 Å². The van der Waals surface area contributed by atoms with Crippen LogP contribution in [0.2, 0.25) is 0 Å². The quantitative estimate of drug-likeness (QED) is 0.0590. The van der Waals surface area contributed by atoms with Crippen molar-refractivity contribution in [1.29, 1.82) is 0 Å². The van der Waals surface area contributed by atoms with Gasteiger partial charge in [-0.2, -0.15) is 0 Å². The number of benzene rings is 4. The molecule has 13 nitrogen and oxygen atoms in total. The zero-order valence-corrected chi connectivity index (χ0v) is 28.8. The summed E-state index contributed by atoms with van der Waals surface area (Å²) >= 11 is 0. The summed E-state index contributed by atoms with van der Waals surface area (Å²) in [6, 6.07) is 27.6. The number of non-ortho nitro benzene ring substituents is 2. The normalized spacial score (nSPS) is 16.5. The fourth-order valence-electron chi connectivity index (χ4n) is 6.88. The van der Waals surface area contributed by atoms with Crippen LogP contribution < -0.4 is 9.47 Å². The minimum absolute atomic E-state index is 0.127. The van der Waals surface area contributed by atoms with E-state index in [2.05, 4.69) is 9.80 Å². The lowest BCUT2D eigenvalue weighted by Gasteiger charge is -2.29. The highest BCUT2D eigenvalue weighted by Gasteiger charge is 2.28. The van der Waals surface area contributed by atoms with Gasteiger partial charge in [-0.25, -0.2) is 4.79 Å². The van der Waals surface area contributed by atoms with Crippen LogP contribution in [0, 0.1) is 20.2 Å². The van der Waals surface area contributed by atoms with Crippen molar-refractivity contribution in [2.75, 3.05) is 65.7 Å². The molecule has 2 aliphatic rings. The van der Waals surface area contributed by atoms with E-state index in [1.165, 1.54) is 36.4 Å². The lowest BCUT2D eigenvalue weighted by atomic mass is 9.87. The van der Waals surface area contributed by atoms with Crippen molar-refractivity contribution in [1.82, 2.24) is 9.80 Å². The second-order valence-corrected chi connectivity index (χ2v) is 12.8. The predicted molar refractivity (Wildman–Crippen MR) is 193 cm³/mol. The van der Waals surface area contributed by atoms with Crippen molar-refractivity contribution in [3.63, 3.8) is 0 Å². The van der Waals surface area contributed by atoms with E-state index in [0.29, 0.717) is 63.5 Å². The molecular weight excluding hydrogens is 668 g/mol. The average Bonchev–Trinajstić information content (AvgIpc) is 3.17. The molecule has 2 saturated heterocycles. The van der Waals surface area contributed by atoms with Crippen molar-refractivity contribution in [2.45, 2.75) is 24.7 Å². The summed E-state index contributed by atoms with van der Waals surface area (Å²) in [7, 11) is 0. The molecule has 6 rings (SSSR count). The predicted octanol–water partition coefficient (Wildman–Crippen LogP) is 6.79. The van der Waals surface area contributed by atoms with Gasteiger partial charge in [0.15, 0.2) is 0 Å². The molecule has 0 radical (unpaired) electrons. The second kappa shape index (κ2) is 17.8. The third-order valence-corrected chi connectivity index (χ3v) is 9.63. The number of ether oxygens (including phenoxy) is 4. The molecule has 0 aliphatic carbocycles. The molecule has 0 spiro atoms. The maximum atomic E-state index is 13.7. The van der Waals surface area contributed by atoms with Gasteiger partial charge in [-0.1, -0.05) is 60.7 Å². The third kappa shape index (κ3) is 9.56. The molecule has 4 aromatic carbocycles. The highest BCUT2D eigenvalue weighted by Crippen LogP contribution is 2.40. The molecule has 0 aromatic heterocycles. The number of nitrogens with zero attached hydrogens (tertiary/aromatic N) is 4. The average molecular weight is 711 g/mol. The molecule has 4 aromatic rings. The molecule has 2 heterocycles. The van der Waals surface area contributed by atoms with Crippen molar-refractivity contribution in [3.8, 4) is 11.5 Å². The van der Waals surface area contributed by atoms with Crippen LogP contribution in [0.15, 0.2) is 97.1 Å². The fourth-order valence-corrected chi connectivity index (χ4v) is 6.88. The number of hydrogen-bond acceptors (Lipinski definition) is 11. The summed E-state index contributed by atoms with van der Waals surface area (Å²) in [4.78, 5) is 41.2. The van der Waals surface area contributed by atoms with Crippen molar-refractivity contribution < 1.29 is 33.6 Å². The summed E-state index contributed by atoms with van der Waals surface area (Å²) in [5.74, 6) is -0.433. The van der Waals surface area contributed by atoms with Crippen LogP contribution in [0.5, 0.6) is 11.5 Å². The van der Waals surface area contributed by atoms with Crippen molar-refractivity contribution in [3.05, 3.63) is 140 Å². The Kier molecular flexibility index (Phi) is 12.5. The first kappa shape index (κ1) is 36.6. The monoisotopic (exact) mass is 710 g/mol. The zero-order chi connectivity index (χ0) is 36.3. The molecule has 0 bridgehead atoms. The summed E-state index contributed by atoms with van der Waals surface area (Å²) in [6.07, 6.45) is 0.140. The minimum atomic E-state index is -1.06. The maximum Gasteiger partial charge on any atom is 0.519 e. The van der Waals surface area contributed by atoms with Crippen LogP contribution in [-0.2, 0) is 9.47 Å². The SMILES string of the molecule is O=C(Oc1ccc([N+](=O)[O-])cc1[C@H](CCN1CCOCC1)c1ccccc1)Oc1ccc([N+](=O)[O-])cc1[C@H](CCN1CCOCC1)c1ccccc1. The van der Waals surface area contributed by atoms with Crippen LogP contribution in [0.25, 0.3) is 0 Å². The first-order valence-corrected chi connectivity index (χ1v) is 17.5. The zero-order valence-electron chi connectivity index (χ0n) is 28.8. The number of carbonyl (C=O) groups is 1. The Labute approximate surface area is 302 Å². The summed E-state index contributed by atoms with van der Waals surface area (Å²) < 4.78 is 22.8. The van der Waals surface area contributed by atoms with Gasteiger partial charge >= 0.3 is 6.16 Å². The molecule has 2 fully saturated rings. The van der Waals surface area contributed by atoms with Gasteiger partial charge in [0, 0.05) is 73.4 Å². The molecule has 0 N–H and O–H groups in total. The number of morpholine rings is 2. The maximum absolute atomic E-state index is 13.7. The van der Waals surface area contributed by atoms with Crippen LogP contribution >= 0.6 is 0 Å². The van der Waals surface area contributed by atoms with Gasteiger partial charge in [-0.15, -0.1) is 0 Å². The highest BCUT2D eigenvalue weighted by atomic mass is 16.7. The second-order valence-electron chi connectivity index (χ2n) is 12.8. The van der Waals surface area contributed by atoms with Crippen molar-refractivity contribution in [2.24, 2.45) is 0 Å². The van der Waals surface area contributed by atoms with E-state index in [-0.39, 0.29) is 34.7 Å². The molecule has 13 heteroatoms. The Hall–Kier alpha value is -5.21. The van der Waals surface area contributed by atoms with Crippen LogP contribution in [0.4, 0.5) is 16.2 Å². The summed E-state index contributed by atoms with van der Waals surface area (Å²) in [5, 5.41) is 23.9. The lowest BCUT2D eigenvalue weighted by Crippen LogP contribution is -2.37. The van der Waals surface area contributed by atoms with E-state index in [0.717, 1.165) is 37.3 Å². The van der Waals surface area contributed by atoms with E-state index in [4.69, 9.17) is 18.9 Å². The van der Waals surface area contributed by atoms with Gasteiger partial charge in [-0.3, -0.25) is 30.0 Å². The van der Waals surface area contributed by atoms with Gasteiger partial charge in [-0.05, 0) is 49.2 Å². The Bertz CT molecular complexity index is 1680. The molecule has 0 saturated carbocycles. The van der Waals surface area contributed by atoms with Gasteiger partial charge < -0.3 is 18.9 Å². The van der Waals surface area contributed by atoms with Crippen LogP contribution in [-0.4, -0.2) is 91.5 Å². The topological polar surface area (TPSA) is 147 Å². The fraction of sp³-hybridized carbons (Fsp3) is 0.359. The van der Waals surface area contributed by atoms with E-state index in [1.54, 1.807) is 0 Å². The lowest BCUT2D eigenvalue weighted by molar-refractivity contribution is -0.385. The first-order valence-electron chi connectivity index (χ1n) is 17.5. The molecule has 2 atom stereocenters. The van der Waals surface area contributed by atoms with Gasteiger partial charge in [0.2, 0.25) is 0 Å². The van der Waals surface area contributed by atoms with Crippen molar-refractivity contribution >= 4 is 17.5 Å². The summed E-state index contributed by atoms with van der Waals surface area (Å²) in [6.45, 7) is 7.05. The van der Waals surface area contributed by atoms with Crippen LogP contribution in [0.1, 0.15) is 46.9 Å². The molecule has 0 unspecified atom stereocenters. The third-order valence-electron chi connectivity index (χ3n) is 9.63. The smallest absolute Gasteiger partial charge is 0.394 e. The van der Waals surface area contributed by atoms with Gasteiger partial charge in [0.25, 0.3) is 11.4 Å². The molecule has 52 heavy (non-hydrogen) atoms. The Morgan fingerprint density at radius 3 is 1.37 bits per heavy atom. The molecule has 0 amide bonds. The molecular formula is C39H42N4O9. The first-order chi connectivity index (χ1) is 25.4. The largest absolute Gasteiger partial charge is 0.519 e.